The Morgan fingerprint density at radius 3 is 2.78 bits per heavy atom. The molecule has 1 aromatic heterocycles. The summed E-state index contributed by atoms with van der Waals surface area (Å²) in [6, 6.07) is 4.83. The number of aromatic nitrogens is 2. The van der Waals surface area contributed by atoms with Gasteiger partial charge in [-0.25, -0.2) is 4.39 Å². The number of nitrogens with zero attached hydrogens (tertiary/aromatic N) is 2. The van der Waals surface area contributed by atoms with Gasteiger partial charge in [-0.2, -0.15) is 5.10 Å². The minimum absolute atomic E-state index is 0.306. The molecular weight excluding hydrogens is 321 g/mol. The highest BCUT2D eigenvalue weighted by Crippen LogP contribution is 2.27. The van der Waals surface area contributed by atoms with Crippen molar-refractivity contribution in [3.8, 4) is 0 Å². The highest BCUT2D eigenvalue weighted by Gasteiger charge is 2.12. The van der Waals surface area contributed by atoms with Gasteiger partial charge in [0.25, 0.3) is 0 Å². The average molecular weight is 333 g/mol. The largest absolute Gasteiger partial charge is 0.376 e. The number of anilines is 1. The Balaban J connectivity index is 2.22. The molecule has 0 fully saturated rings. The van der Waals surface area contributed by atoms with E-state index in [1.165, 1.54) is 6.07 Å². The van der Waals surface area contributed by atoms with E-state index in [1.807, 2.05) is 14.0 Å². The zero-order valence-electron chi connectivity index (χ0n) is 9.97. The third-order valence-electron chi connectivity index (χ3n) is 2.66. The van der Waals surface area contributed by atoms with Gasteiger partial charge < -0.3 is 5.32 Å². The maximum absolute atomic E-state index is 13.6. The van der Waals surface area contributed by atoms with E-state index in [9.17, 15) is 4.39 Å². The number of hydrogen-bond acceptors (Lipinski definition) is 2. The summed E-state index contributed by atoms with van der Waals surface area (Å²) in [5.41, 5.74) is 2.01. The Hall–Kier alpha value is -1.07. The third-order valence-corrected chi connectivity index (χ3v) is 3.81. The summed E-state index contributed by atoms with van der Waals surface area (Å²) in [7, 11) is 1.81. The Labute approximate surface area is 118 Å². The van der Waals surface area contributed by atoms with Crippen LogP contribution in [0, 0.1) is 12.7 Å². The van der Waals surface area contributed by atoms with Crippen LogP contribution in [0.4, 0.5) is 10.1 Å². The molecule has 1 aromatic carbocycles. The van der Waals surface area contributed by atoms with E-state index in [0.29, 0.717) is 21.7 Å². The summed E-state index contributed by atoms with van der Waals surface area (Å²) in [6.45, 7) is 2.25. The number of benzene rings is 1. The standard InChI is InChI=1S/C12H12BrClFN3/c1-7-11(14)10(18(2)17-7)6-16-12-8(13)4-3-5-9(12)15/h3-5,16H,6H2,1-2H3. The fourth-order valence-electron chi connectivity index (χ4n) is 1.71. The highest BCUT2D eigenvalue weighted by molar-refractivity contribution is 9.10. The molecule has 0 saturated heterocycles. The van der Waals surface area contributed by atoms with E-state index in [1.54, 1.807) is 16.8 Å². The van der Waals surface area contributed by atoms with Gasteiger partial charge in [0, 0.05) is 11.5 Å². The van der Waals surface area contributed by atoms with E-state index in [4.69, 9.17) is 11.6 Å². The van der Waals surface area contributed by atoms with Crippen LogP contribution in [-0.2, 0) is 13.6 Å². The maximum Gasteiger partial charge on any atom is 0.147 e. The van der Waals surface area contributed by atoms with Gasteiger partial charge in [-0.3, -0.25) is 4.68 Å². The van der Waals surface area contributed by atoms with Crippen molar-refractivity contribution in [2.75, 3.05) is 5.32 Å². The molecule has 0 spiro atoms. The predicted molar refractivity (Wildman–Crippen MR) is 74.4 cm³/mol. The fourth-order valence-corrected chi connectivity index (χ4v) is 2.42. The minimum atomic E-state index is -0.306. The minimum Gasteiger partial charge on any atom is -0.376 e. The first kappa shape index (κ1) is 13.4. The predicted octanol–water partition coefficient (Wildman–Crippen LogP) is 3.90. The quantitative estimate of drug-likeness (QED) is 0.924. The summed E-state index contributed by atoms with van der Waals surface area (Å²) in [5.74, 6) is -0.306. The van der Waals surface area contributed by atoms with Crippen molar-refractivity contribution in [1.82, 2.24) is 9.78 Å². The number of aryl methyl sites for hydroxylation is 2. The smallest absolute Gasteiger partial charge is 0.147 e. The van der Waals surface area contributed by atoms with Crippen LogP contribution in [0.5, 0.6) is 0 Å². The molecule has 6 heteroatoms. The summed E-state index contributed by atoms with van der Waals surface area (Å²) in [6.07, 6.45) is 0. The molecule has 0 aliphatic carbocycles. The van der Waals surface area contributed by atoms with Gasteiger partial charge in [0.2, 0.25) is 0 Å². The number of halogens is 3. The third kappa shape index (κ3) is 2.52. The second kappa shape index (κ2) is 5.28. The molecule has 2 aromatic rings. The van der Waals surface area contributed by atoms with Gasteiger partial charge in [-0.1, -0.05) is 17.7 Å². The topological polar surface area (TPSA) is 29.9 Å². The van der Waals surface area contributed by atoms with Gasteiger partial charge in [0.1, 0.15) is 5.82 Å². The molecule has 96 valence electrons. The van der Waals surface area contributed by atoms with E-state index >= 15 is 0 Å². The lowest BCUT2D eigenvalue weighted by Crippen LogP contribution is -2.07. The molecule has 18 heavy (non-hydrogen) atoms. The van der Waals surface area contributed by atoms with Crippen molar-refractivity contribution in [3.63, 3.8) is 0 Å². The van der Waals surface area contributed by atoms with Crippen LogP contribution in [0.25, 0.3) is 0 Å². The number of nitrogens with one attached hydrogen (secondary N) is 1. The highest BCUT2D eigenvalue weighted by atomic mass is 79.9. The molecular formula is C12H12BrClFN3. The van der Waals surface area contributed by atoms with Crippen molar-refractivity contribution >= 4 is 33.2 Å². The first-order chi connectivity index (χ1) is 8.50. The molecule has 0 saturated carbocycles. The first-order valence-corrected chi connectivity index (χ1v) is 6.53. The molecule has 1 N–H and O–H groups in total. The zero-order valence-corrected chi connectivity index (χ0v) is 12.3. The van der Waals surface area contributed by atoms with Gasteiger partial charge >= 0.3 is 0 Å². The lowest BCUT2D eigenvalue weighted by Gasteiger charge is -2.10. The Bertz CT molecular complexity index is 563. The van der Waals surface area contributed by atoms with Crippen LogP contribution in [0.3, 0.4) is 0 Å². The van der Waals surface area contributed by atoms with E-state index in [-0.39, 0.29) is 5.82 Å². The van der Waals surface area contributed by atoms with Crippen LogP contribution in [0.2, 0.25) is 5.02 Å². The molecule has 0 bridgehead atoms. The molecule has 0 atom stereocenters. The van der Waals surface area contributed by atoms with Gasteiger partial charge in [-0.15, -0.1) is 0 Å². The molecule has 0 aliphatic rings. The lowest BCUT2D eigenvalue weighted by atomic mass is 10.3. The summed E-state index contributed by atoms with van der Waals surface area (Å²) >= 11 is 9.44. The van der Waals surface area contributed by atoms with Gasteiger partial charge in [-0.05, 0) is 35.0 Å². The Morgan fingerprint density at radius 2 is 2.22 bits per heavy atom. The van der Waals surface area contributed by atoms with Crippen molar-refractivity contribution in [3.05, 3.63) is 44.9 Å². The van der Waals surface area contributed by atoms with Gasteiger partial charge in [0.15, 0.2) is 0 Å². The number of rotatable bonds is 3. The fraction of sp³-hybridized carbons (Fsp3) is 0.250. The normalized spacial score (nSPS) is 10.7. The molecule has 0 amide bonds. The first-order valence-electron chi connectivity index (χ1n) is 5.36. The van der Waals surface area contributed by atoms with E-state index in [0.717, 1.165) is 11.4 Å². The molecule has 2 rings (SSSR count). The molecule has 0 unspecified atom stereocenters. The Kier molecular flexibility index (Phi) is 3.92. The zero-order chi connectivity index (χ0) is 13.3. The van der Waals surface area contributed by atoms with Crippen molar-refractivity contribution in [2.24, 2.45) is 7.05 Å². The second-order valence-corrected chi connectivity index (χ2v) is 5.15. The van der Waals surface area contributed by atoms with Crippen LogP contribution in [0.1, 0.15) is 11.4 Å². The van der Waals surface area contributed by atoms with E-state index < -0.39 is 0 Å². The van der Waals surface area contributed by atoms with Crippen LogP contribution >= 0.6 is 27.5 Å². The summed E-state index contributed by atoms with van der Waals surface area (Å²) in [5, 5.41) is 7.84. The van der Waals surface area contributed by atoms with E-state index in [2.05, 4.69) is 26.3 Å². The van der Waals surface area contributed by atoms with Gasteiger partial charge in [0.05, 0.1) is 28.6 Å². The van der Waals surface area contributed by atoms with Crippen LogP contribution < -0.4 is 5.32 Å². The summed E-state index contributed by atoms with van der Waals surface area (Å²) in [4.78, 5) is 0. The van der Waals surface area contributed by atoms with Crippen molar-refractivity contribution < 1.29 is 4.39 Å². The average Bonchev–Trinajstić information content (AvgIpc) is 2.54. The van der Waals surface area contributed by atoms with Crippen LogP contribution in [-0.4, -0.2) is 9.78 Å². The lowest BCUT2D eigenvalue weighted by molar-refractivity contribution is 0.628. The van der Waals surface area contributed by atoms with Crippen LogP contribution in [0.15, 0.2) is 22.7 Å². The SMILES string of the molecule is Cc1nn(C)c(CNc2c(F)cccc2Br)c1Cl. The second-order valence-electron chi connectivity index (χ2n) is 3.92. The van der Waals surface area contributed by atoms with Crippen molar-refractivity contribution in [1.29, 1.82) is 0 Å². The van der Waals surface area contributed by atoms with Crippen molar-refractivity contribution in [2.45, 2.75) is 13.5 Å². The summed E-state index contributed by atoms with van der Waals surface area (Å²) < 4.78 is 16.0. The molecule has 0 radical (unpaired) electrons. The molecule has 1 heterocycles. The number of hydrogen-bond donors (Lipinski definition) is 1. The molecule has 3 nitrogen and oxygen atoms in total. The molecule has 0 aliphatic heterocycles. The Morgan fingerprint density at radius 1 is 1.50 bits per heavy atom. The maximum atomic E-state index is 13.6. The monoisotopic (exact) mass is 331 g/mol. The number of para-hydroxylation sites is 1.